The van der Waals surface area contributed by atoms with Crippen LogP contribution in [0, 0.1) is 0 Å². The van der Waals surface area contributed by atoms with E-state index < -0.39 is 0 Å². The number of hydrogen-bond acceptors (Lipinski definition) is 8. The van der Waals surface area contributed by atoms with Crippen LogP contribution in [0.1, 0.15) is 31.9 Å². The van der Waals surface area contributed by atoms with Gasteiger partial charge in [0.15, 0.2) is 11.5 Å². The molecule has 0 saturated carbocycles. The van der Waals surface area contributed by atoms with Crippen LogP contribution in [0.15, 0.2) is 43.0 Å². The van der Waals surface area contributed by atoms with Gasteiger partial charge in [0, 0.05) is 51.4 Å². The van der Waals surface area contributed by atoms with Gasteiger partial charge in [0.1, 0.15) is 17.3 Å². The zero-order chi connectivity index (χ0) is 26.5. The zero-order valence-corrected chi connectivity index (χ0v) is 22.0. The molecule has 1 saturated heterocycles. The van der Waals surface area contributed by atoms with Crippen LogP contribution in [0.25, 0.3) is 5.95 Å². The number of halogens is 1. The van der Waals surface area contributed by atoms with Crippen LogP contribution in [0.5, 0.6) is 11.5 Å². The summed E-state index contributed by atoms with van der Waals surface area (Å²) in [6.07, 6.45) is 5.10. The van der Waals surface area contributed by atoms with E-state index >= 15 is 0 Å². The number of nitrogens with zero attached hydrogens (tertiary/aromatic N) is 6. The number of nitrogens with one attached hydrogen (secondary N) is 1. The smallest absolute Gasteiger partial charge is 0.238 e. The van der Waals surface area contributed by atoms with Crippen molar-refractivity contribution >= 4 is 29.2 Å². The maximum atomic E-state index is 13.2. The molecule has 0 bridgehead atoms. The van der Waals surface area contributed by atoms with Gasteiger partial charge >= 0.3 is 0 Å². The Morgan fingerprint density at radius 1 is 1.16 bits per heavy atom. The number of amides is 2. The van der Waals surface area contributed by atoms with Gasteiger partial charge in [0.05, 0.1) is 26.3 Å². The molecule has 11 nitrogen and oxygen atoms in total. The number of rotatable bonds is 8. The summed E-state index contributed by atoms with van der Waals surface area (Å²) in [7, 11) is 3.15. The highest BCUT2D eigenvalue weighted by Crippen LogP contribution is 2.30. The molecule has 3 heterocycles. The first-order valence-electron chi connectivity index (χ1n) is 11.9. The van der Waals surface area contributed by atoms with Gasteiger partial charge in [-0.05, 0) is 24.6 Å². The van der Waals surface area contributed by atoms with E-state index in [0.717, 1.165) is 5.56 Å². The largest absolute Gasteiger partial charge is 0.493 e. The van der Waals surface area contributed by atoms with Crippen molar-refractivity contribution in [2.24, 2.45) is 0 Å². The number of ether oxygens (including phenoxy) is 2. The van der Waals surface area contributed by atoms with Gasteiger partial charge in [0.2, 0.25) is 17.8 Å². The number of methoxy groups -OCH3 is 2. The van der Waals surface area contributed by atoms with E-state index in [4.69, 9.17) is 21.1 Å². The molecule has 0 spiro atoms. The van der Waals surface area contributed by atoms with Crippen LogP contribution >= 0.6 is 11.6 Å². The second kappa shape index (κ2) is 11.5. The number of piperazine rings is 1. The van der Waals surface area contributed by atoms with Gasteiger partial charge in [0.25, 0.3) is 0 Å². The molecule has 2 aromatic heterocycles. The van der Waals surface area contributed by atoms with E-state index in [-0.39, 0.29) is 35.5 Å². The molecular formula is C25H30ClN7O4. The highest BCUT2D eigenvalue weighted by Gasteiger charge is 2.32. The second-order valence-electron chi connectivity index (χ2n) is 8.74. The third-order valence-electron chi connectivity index (χ3n) is 6.33. The van der Waals surface area contributed by atoms with Crippen molar-refractivity contribution in [3.8, 4) is 17.4 Å². The summed E-state index contributed by atoms with van der Waals surface area (Å²) in [6.45, 7) is 4.83. The molecule has 2 amide bonds. The summed E-state index contributed by atoms with van der Waals surface area (Å²) in [6, 6.07) is 6.63. The van der Waals surface area contributed by atoms with Crippen molar-refractivity contribution in [3.63, 3.8) is 0 Å². The molecule has 1 N–H and O–H groups in total. The monoisotopic (exact) mass is 527 g/mol. The number of aromatic nitrogens is 4. The van der Waals surface area contributed by atoms with E-state index in [9.17, 15) is 9.59 Å². The first-order chi connectivity index (χ1) is 17.8. The Labute approximate surface area is 220 Å². The van der Waals surface area contributed by atoms with Gasteiger partial charge in [-0.25, -0.2) is 9.97 Å². The van der Waals surface area contributed by atoms with Crippen LogP contribution in [-0.4, -0.2) is 76.1 Å². The summed E-state index contributed by atoms with van der Waals surface area (Å²) in [5.41, 5.74) is 0.879. The molecule has 1 aliphatic rings. The van der Waals surface area contributed by atoms with Crippen LogP contribution in [0.3, 0.4) is 0 Å². The van der Waals surface area contributed by atoms with Crippen molar-refractivity contribution in [1.29, 1.82) is 0 Å². The lowest BCUT2D eigenvalue weighted by Gasteiger charge is -2.41. The first-order valence-corrected chi connectivity index (χ1v) is 12.2. The molecule has 4 rings (SSSR count). The third-order valence-corrected chi connectivity index (χ3v) is 6.53. The lowest BCUT2D eigenvalue weighted by atomic mass is 10.0. The van der Waals surface area contributed by atoms with Crippen molar-refractivity contribution in [2.45, 2.75) is 32.4 Å². The van der Waals surface area contributed by atoms with Gasteiger partial charge in [-0.1, -0.05) is 17.7 Å². The molecular weight excluding hydrogens is 498 g/mol. The fraction of sp³-hybridized carbons (Fsp3) is 0.400. The normalized spacial score (nSPS) is 16.3. The Morgan fingerprint density at radius 2 is 1.95 bits per heavy atom. The van der Waals surface area contributed by atoms with Crippen molar-refractivity contribution in [1.82, 2.24) is 29.7 Å². The molecule has 12 heteroatoms. The molecule has 0 aliphatic carbocycles. The average molecular weight is 528 g/mol. The second-order valence-corrected chi connectivity index (χ2v) is 9.13. The Kier molecular flexibility index (Phi) is 8.12. The lowest BCUT2D eigenvalue weighted by Crippen LogP contribution is -2.56. The van der Waals surface area contributed by atoms with Gasteiger partial charge in [-0.2, -0.15) is 4.98 Å². The SMILES string of the molecule is COc1ccc(C(C)NC(=O)CC2CN(C(C)=O)CCN2c2cc(Cl)nc(-n3ccnc3)n2)cc1OC. The zero-order valence-electron chi connectivity index (χ0n) is 21.2. The van der Waals surface area contributed by atoms with E-state index in [1.165, 1.54) is 6.92 Å². The Bertz CT molecular complexity index is 1250. The molecule has 2 atom stereocenters. The summed E-state index contributed by atoms with van der Waals surface area (Å²) < 4.78 is 12.3. The highest BCUT2D eigenvalue weighted by molar-refractivity contribution is 6.29. The number of hydrogen-bond donors (Lipinski definition) is 1. The third kappa shape index (κ3) is 6.11. The van der Waals surface area contributed by atoms with Crippen molar-refractivity contribution in [2.75, 3.05) is 38.8 Å². The number of imidazole rings is 1. The quantitative estimate of drug-likeness (QED) is 0.445. The minimum atomic E-state index is -0.308. The van der Waals surface area contributed by atoms with E-state index in [0.29, 0.717) is 42.9 Å². The standard InChI is InChI=1S/C25H30ClN7O4/c1-16(18-5-6-20(36-3)21(11-18)37-4)28-24(35)12-19-14-31(17(2)34)9-10-33(19)23-13-22(26)29-25(30-23)32-8-7-27-15-32/h5-8,11,13,15-16,19H,9-10,12,14H2,1-4H3,(H,28,35). The Hall–Kier alpha value is -3.86. The maximum absolute atomic E-state index is 13.2. The summed E-state index contributed by atoms with van der Waals surface area (Å²) in [5, 5.41) is 3.33. The molecule has 1 fully saturated rings. The van der Waals surface area contributed by atoms with Gasteiger partial charge in [-0.15, -0.1) is 0 Å². The predicted octanol–water partition coefficient (Wildman–Crippen LogP) is 2.64. The van der Waals surface area contributed by atoms with Gasteiger partial charge in [-0.3, -0.25) is 14.2 Å². The maximum Gasteiger partial charge on any atom is 0.238 e. The van der Waals surface area contributed by atoms with Gasteiger partial charge < -0.3 is 24.6 Å². The van der Waals surface area contributed by atoms with Crippen molar-refractivity contribution in [3.05, 3.63) is 53.7 Å². The minimum Gasteiger partial charge on any atom is -0.493 e. The number of benzene rings is 1. The van der Waals surface area contributed by atoms with E-state index in [1.807, 2.05) is 24.0 Å². The molecule has 2 unspecified atom stereocenters. The van der Waals surface area contributed by atoms with Crippen molar-refractivity contribution < 1.29 is 19.1 Å². The molecule has 0 radical (unpaired) electrons. The minimum absolute atomic E-state index is 0.0384. The lowest BCUT2D eigenvalue weighted by molar-refractivity contribution is -0.130. The molecule has 1 aliphatic heterocycles. The summed E-state index contributed by atoms with van der Waals surface area (Å²) in [4.78, 5) is 42.1. The Morgan fingerprint density at radius 3 is 2.62 bits per heavy atom. The summed E-state index contributed by atoms with van der Waals surface area (Å²) in [5.74, 6) is 1.97. The fourth-order valence-corrected chi connectivity index (χ4v) is 4.54. The summed E-state index contributed by atoms with van der Waals surface area (Å²) >= 11 is 6.33. The van der Waals surface area contributed by atoms with Crippen LogP contribution in [0.4, 0.5) is 5.82 Å². The first kappa shape index (κ1) is 26.2. The molecule has 1 aromatic carbocycles. The topological polar surface area (TPSA) is 115 Å². The van der Waals surface area contributed by atoms with E-state index in [2.05, 4.69) is 20.3 Å². The number of carbonyl (C=O) groups excluding carboxylic acids is 2. The number of carbonyl (C=O) groups is 2. The van der Waals surface area contributed by atoms with Crippen LogP contribution < -0.4 is 19.7 Å². The highest BCUT2D eigenvalue weighted by atomic mass is 35.5. The average Bonchev–Trinajstić information content (AvgIpc) is 3.43. The van der Waals surface area contributed by atoms with E-state index in [1.54, 1.807) is 54.5 Å². The fourth-order valence-electron chi connectivity index (χ4n) is 4.37. The van der Waals surface area contributed by atoms with Crippen LogP contribution in [0.2, 0.25) is 5.15 Å². The van der Waals surface area contributed by atoms with Crippen LogP contribution in [-0.2, 0) is 9.59 Å². The number of anilines is 1. The molecule has 196 valence electrons. The Balaban J connectivity index is 1.53. The molecule has 37 heavy (non-hydrogen) atoms. The predicted molar refractivity (Wildman–Crippen MR) is 138 cm³/mol. The molecule has 3 aromatic rings.